The Morgan fingerprint density at radius 2 is 1.90 bits per heavy atom. The summed E-state index contributed by atoms with van der Waals surface area (Å²) in [6.07, 6.45) is 3.74. The molecule has 212 valence electrons. The first-order valence-corrected chi connectivity index (χ1v) is 13.8. The van der Waals surface area contributed by atoms with Crippen LogP contribution in [0, 0.1) is 0 Å². The van der Waals surface area contributed by atoms with E-state index >= 15 is 0 Å². The van der Waals surface area contributed by atoms with Gasteiger partial charge in [-0.25, -0.2) is 9.78 Å². The fraction of sp³-hybridized carbons (Fsp3) is 0.321. The monoisotopic (exact) mass is 606 g/mol. The van der Waals surface area contributed by atoms with E-state index in [2.05, 4.69) is 20.3 Å². The van der Waals surface area contributed by atoms with Gasteiger partial charge in [0.05, 0.1) is 19.6 Å². The second-order valence-electron chi connectivity index (χ2n) is 8.85. The Kier molecular flexibility index (Phi) is 10.2. The highest BCUT2D eigenvalue weighted by Gasteiger charge is 2.39. The van der Waals surface area contributed by atoms with Crippen LogP contribution in [0.3, 0.4) is 0 Å². The number of aromatic amines is 2. The average molecular weight is 608 g/mol. The molecule has 0 bridgehead atoms. The molecule has 0 spiro atoms. The number of esters is 1. The maximum atomic E-state index is 12.4. The minimum atomic E-state index is -1.89. The van der Waals surface area contributed by atoms with Crippen molar-refractivity contribution in [2.75, 3.05) is 19.8 Å². The minimum absolute atomic E-state index is 0.152. The molecule has 0 saturated carbocycles. The number of imidazole rings is 1. The summed E-state index contributed by atoms with van der Waals surface area (Å²) in [4.78, 5) is 34.6. The zero-order chi connectivity index (χ0) is 28.5. The number of ether oxygens (including phenoxy) is 3. The van der Waals surface area contributed by atoms with E-state index in [0.29, 0.717) is 25.4 Å². The standard InChI is InChI=1S/C28H29Cl3N4O5/c1-2-38-24(36)16-21(18-7-4-3-5-8-18)22-17-35-23-15-19(9-10-20(22)23)39-14-6-11-34-27(37)40-25(28(29,30)31)26-32-12-13-33-26/h3-5,7-10,12-13,15,17,21,25,35H,2,6,11,14,16H2,1H3,(H,32,33)(H,34,37). The molecule has 0 aliphatic heterocycles. The largest absolute Gasteiger partial charge is 0.493 e. The van der Waals surface area contributed by atoms with Crippen molar-refractivity contribution < 1.29 is 23.8 Å². The number of hydrogen-bond acceptors (Lipinski definition) is 6. The molecule has 3 N–H and O–H groups in total. The molecule has 2 atom stereocenters. The third-order valence-electron chi connectivity index (χ3n) is 6.09. The van der Waals surface area contributed by atoms with Gasteiger partial charge >= 0.3 is 12.1 Å². The van der Waals surface area contributed by atoms with E-state index in [-0.39, 0.29) is 30.7 Å². The molecular formula is C28H29Cl3N4O5. The van der Waals surface area contributed by atoms with Crippen molar-refractivity contribution >= 4 is 57.8 Å². The number of nitrogens with one attached hydrogen (secondary N) is 3. The molecule has 0 aliphatic carbocycles. The molecule has 1 amide bonds. The van der Waals surface area contributed by atoms with Crippen LogP contribution >= 0.6 is 34.8 Å². The number of nitrogens with zero attached hydrogens (tertiary/aromatic N) is 1. The predicted octanol–water partition coefficient (Wildman–Crippen LogP) is 6.58. The minimum Gasteiger partial charge on any atom is -0.493 e. The smallest absolute Gasteiger partial charge is 0.408 e. The van der Waals surface area contributed by atoms with Crippen LogP contribution in [-0.2, 0) is 14.3 Å². The summed E-state index contributed by atoms with van der Waals surface area (Å²) in [7, 11) is 0. The highest BCUT2D eigenvalue weighted by atomic mass is 35.6. The van der Waals surface area contributed by atoms with Crippen molar-refractivity contribution in [3.8, 4) is 5.75 Å². The van der Waals surface area contributed by atoms with Gasteiger partial charge in [0.25, 0.3) is 0 Å². The Morgan fingerprint density at radius 1 is 1.10 bits per heavy atom. The Morgan fingerprint density at radius 3 is 2.60 bits per heavy atom. The maximum Gasteiger partial charge on any atom is 0.408 e. The van der Waals surface area contributed by atoms with Crippen LogP contribution in [0.2, 0.25) is 0 Å². The lowest BCUT2D eigenvalue weighted by Crippen LogP contribution is -2.32. The normalized spacial score (nSPS) is 13.0. The van der Waals surface area contributed by atoms with E-state index in [1.165, 1.54) is 12.4 Å². The zero-order valence-electron chi connectivity index (χ0n) is 21.7. The van der Waals surface area contributed by atoms with Gasteiger partial charge < -0.3 is 29.5 Å². The van der Waals surface area contributed by atoms with Crippen molar-refractivity contribution in [1.82, 2.24) is 20.3 Å². The molecule has 0 fully saturated rings. The summed E-state index contributed by atoms with van der Waals surface area (Å²) in [5.41, 5.74) is 2.92. The molecule has 2 heterocycles. The average Bonchev–Trinajstić information content (AvgIpc) is 3.60. The van der Waals surface area contributed by atoms with Crippen molar-refractivity contribution in [2.24, 2.45) is 0 Å². The van der Waals surface area contributed by atoms with Crippen LogP contribution in [0.4, 0.5) is 4.79 Å². The van der Waals surface area contributed by atoms with Gasteiger partial charge in [-0.3, -0.25) is 4.79 Å². The summed E-state index contributed by atoms with van der Waals surface area (Å²) >= 11 is 17.8. The van der Waals surface area contributed by atoms with E-state index < -0.39 is 16.0 Å². The number of carbonyl (C=O) groups excluding carboxylic acids is 2. The van der Waals surface area contributed by atoms with Gasteiger partial charge in [-0.15, -0.1) is 0 Å². The highest BCUT2D eigenvalue weighted by Crippen LogP contribution is 2.41. The van der Waals surface area contributed by atoms with Gasteiger partial charge in [-0.1, -0.05) is 65.1 Å². The molecule has 12 heteroatoms. The molecule has 40 heavy (non-hydrogen) atoms. The van der Waals surface area contributed by atoms with Gasteiger partial charge in [-0.05, 0) is 36.6 Å². The van der Waals surface area contributed by atoms with Crippen molar-refractivity contribution in [1.29, 1.82) is 0 Å². The lowest BCUT2D eigenvalue weighted by molar-refractivity contribution is -0.143. The molecule has 4 rings (SSSR count). The molecule has 0 aliphatic rings. The second-order valence-corrected chi connectivity index (χ2v) is 11.2. The number of halogens is 3. The summed E-state index contributed by atoms with van der Waals surface area (Å²) < 4.78 is 14.5. The quantitative estimate of drug-likeness (QED) is 0.0951. The van der Waals surface area contributed by atoms with Gasteiger partial charge in [0.2, 0.25) is 9.90 Å². The topological polar surface area (TPSA) is 118 Å². The van der Waals surface area contributed by atoms with Crippen LogP contribution in [0.5, 0.6) is 5.75 Å². The van der Waals surface area contributed by atoms with Crippen molar-refractivity contribution in [3.63, 3.8) is 0 Å². The predicted molar refractivity (Wildman–Crippen MR) is 154 cm³/mol. The summed E-state index contributed by atoms with van der Waals surface area (Å²) in [5.74, 6) is 0.490. The number of fused-ring (bicyclic) bond motifs is 1. The number of alkyl halides is 3. The Labute approximate surface area is 246 Å². The fourth-order valence-corrected chi connectivity index (χ4v) is 4.73. The van der Waals surface area contributed by atoms with E-state index in [1.54, 1.807) is 6.92 Å². The van der Waals surface area contributed by atoms with Gasteiger partial charge in [-0.2, -0.15) is 0 Å². The molecule has 2 unspecified atom stereocenters. The fourth-order valence-electron chi connectivity index (χ4n) is 4.29. The SMILES string of the molecule is CCOC(=O)CC(c1ccccc1)c1c[nH]c2cc(OCCCNC(=O)OC(c3ncc[nH]3)C(Cl)(Cl)Cl)ccc12. The van der Waals surface area contributed by atoms with Gasteiger partial charge in [0.1, 0.15) is 5.75 Å². The molecule has 4 aromatic rings. The number of benzene rings is 2. The van der Waals surface area contributed by atoms with Gasteiger partial charge in [0, 0.05) is 48.0 Å². The third kappa shape index (κ3) is 7.84. The summed E-state index contributed by atoms with van der Waals surface area (Å²) in [6, 6.07) is 15.6. The molecular weight excluding hydrogens is 579 g/mol. The number of hydrogen-bond donors (Lipinski definition) is 3. The third-order valence-corrected chi connectivity index (χ3v) is 6.68. The zero-order valence-corrected chi connectivity index (χ0v) is 23.9. The molecule has 0 radical (unpaired) electrons. The lowest BCUT2D eigenvalue weighted by atomic mass is 9.88. The summed E-state index contributed by atoms with van der Waals surface area (Å²) in [5, 5.41) is 3.61. The number of amides is 1. The Hall–Kier alpha value is -3.40. The lowest BCUT2D eigenvalue weighted by Gasteiger charge is -2.22. The van der Waals surface area contributed by atoms with E-state index in [1.807, 2.05) is 54.7 Å². The van der Waals surface area contributed by atoms with Crippen LogP contribution < -0.4 is 10.1 Å². The Bertz CT molecular complexity index is 1390. The number of alkyl carbamates (subject to hydrolysis) is 1. The van der Waals surface area contributed by atoms with Crippen LogP contribution in [-0.4, -0.2) is 50.6 Å². The first kappa shape index (κ1) is 29.6. The first-order chi connectivity index (χ1) is 19.3. The molecule has 2 aromatic heterocycles. The number of rotatable bonds is 12. The first-order valence-electron chi connectivity index (χ1n) is 12.7. The molecule has 0 saturated heterocycles. The summed E-state index contributed by atoms with van der Waals surface area (Å²) in [6.45, 7) is 2.77. The van der Waals surface area contributed by atoms with Gasteiger partial charge in [0.15, 0.2) is 5.82 Å². The Balaban J connectivity index is 1.32. The van der Waals surface area contributed by atoms with Crippen LogP contribution in [0.1, 0.15) is 48.7 Å². The number of H-pyrrole nitrogens is 2. The number of aromatic nitrogens is 3. The van der Waals surface area contributed by atoms with Crippen molar-refractivity contribution in [3.05, 3.63) is 84.1 Å². The second kappa shape index (κ2) is 13.8. The number of carbonyl (C=O) groups is 2. The maximum absolute atomic E-state index is 12.4. The van der Waals surface area contributed by atoms with Crippen LogP contribution in [0.15, 0.2) is 67.1 Å². The van der Waals surface area contributed by atoms with E-state index in [0.717, 1.165) is 22.0 Å². The molecule has 9 nitrogen and oxygen atoms in total. The van der Waals surface area contributed by atoms with E-state index in [9.17, 15) is 9.59 Å². The highest BCUT2D eigenvalue weighted by molar-refractivity contribution is 6.68. The molecule has 2 aromatic carbocycles. The van der Waals surface area contributed by atoms with Crippen LogP contribution in [0.25, 0.3) is 10.9 Å². The van der Waals surface area contributed by atoms with E-state index in [4.69, 9.17) is 49.0 Å². The van der Waals surface area contributed by atoms with Crippen molar-refractivity contribution in [2.45, 2.75) is 35.6 Å².